The Kier molecular flexibility index (Phi) is 6.98. The average molecular weight is 254 g/mol. The summed E-state index contributed by atoms with van der Waals surface area (Å²) in [5.74, 6) is 0. The molecule has 0 aliphatic rings. The quantitative estimate of drug-likeness (QED) is 0.689. The molecule has 1 unspecified atom stereocenters. The molecule has 1 atom stereocenters. The van der Waals surface area contributed by atoms with Crippen molar-refractivity contribution in [2.75, 3.05) is 13.2 Å². The molecule has 4 heteroatoms. The Morgan fingerprint density at radius 3 is 2.67 bits per heavy atom. The molecule has 1 N–H and O–H groups in total. The summed E-state index contributed by atoms with van der Waals surface area (Å²) < 4.78 is 7.34. The SMILES string of the molecule is CCCOCC(O)Cc1ccn(C(CC)CC)n1. The van der Waals surface area contributed by atoms with Crippen molar-refractivity contribution in [1.82, 2.24) is 9.78 Å². The van der Waals surface area contributed by atoms with Crippen LogP contribution >= 0.6 is 0 Å². The second-order valence-electron chi connectivity index (χ2n) is 4.69. The van der Waals surface area contributed by atoms with Crippen molar-refractivity contribution in [2.45, 2.75) is 58.6 Å². The van der Waals surface area contributed by atoms with Crippen LogP contribution in [0.25, 0.3) is 0 Å². The highest BCUT2D eigenvalue weighted by Gasteiger charge is 2.11. The van der Waals surface area contributed by atoms with E-state index in [-0.39, 0.29) is 0 Å². The van der Waals surface area contributed by atoms with Gasteiger partial charge in [0.05, 0.1) is 24.4 Å². The molecule has 0 saturated heterocycles. The van der Waals surface area contributed by atoms with Gasteiger partial charge in [-0.15, -0.1) is 0 Å². The van der Waals surface area contributed by atoms with Gasteiger partial charge in [-0.3, -0.25) is 4.68 Å². The van der Waals surface area contributed by atoms with Crippen LogP contribution in [0.1, 0.15) is 51.8 Å². The van der Waals surface area contributed by atoms with Crippen LogP contribution in [0.2, 0.25) is 0 Å². The number of rotatable bonds is 9. The van der Waals surface area contributed by atoms with Gasteiger partial charge in [-0.25, -0.2) is 0 Å². The highest BCUT2D eigenvalue weighted by Crippen LogP contribution is 2.15. The van der Waals surface area contributed by atoms with Gasteiger partial charge in [0.1, 0.15) is 0 Å². The minimum Gasteiger partial charge on any atom is -0.390 e. The van der Waals surface area contributed by atoms with E-state index in [9.17, 15) is 5.11 Å². The van der Waals surface area contributed by atoms with Gasteiger partial charge in [-0.1, -0.05) is 20.8 Å². The molecule has 0 bridgehead atoms. The second kappa shape index (κ2) is 8.27. The van der Waals surface area contributed by atoms with E-state index in [0.717, 1.165) is 25.0 Å². The van der Waals surface area contributed by atoms with Crippen LogP contribution < -0.4 is 0 Å². The molecule has 0 fully saturated rings. The molecular weight excluding hydrogens is 228 g/mol. The summed E-state index contributed by atoms with van der Waals surface area (Å²) in [7, 11) is 0. The molecule has 0 radical (unpaired) electrons. The Morgan fingerprint density at radius 1 is 1.33 bits per heavy atom. The lowest BCUT2D eigenvalue weighted by Crippen LogP contribution is -2.19. The summed E-state index contributed by atoms with van der Waals surface area (Å²) in [6.07, 6.45) is 5.26. The van der Waals surface area contributed by atoms with E-state index in [0.29, 0.717) is 25.7 Å². The average Bonchev–Trinajstić information content (AvgIpc) is 2.79. The zero-order valence-corrected chi connectivity index (χ0v) is 11.8. The van der Waals surface area contributed by atoms with Crippen LogP contribution in [0.4, 0.5) is 0 Å². The van der Waals surface area contributed by atoms with Crippen molar-refractivity contribution in [1.29, 1.82) is 0 Å². The lowest BCUT2D eigenvalue weighted by atomic mass is 10.2. The maximum Gasteiger partial charge on any atom is 0.0829 e. The summed E-state index contributed by atoms with van der Waals surface area (Å²) in [6.45, 7) is 7.50. The van der Waals surface area contributed by atoms with Gasteiger partial charge in [0.15, 0.2) is 0 Å². The zero-order chi connectivity index (χ0) is 13.4. The first-order valence-corrected chi connectivity index (χ1v) is 7.01. The van der Waals surface area contributed by atoms with Gasteiger partial charge >= 0.3 is 0 Å². The van der Waals surface area contributed by atoms with E-state index in [1.807, 2.05) is 16.9 Å². The normalized spacial score (nSPS) is 13.2. The van der Waals surface area contributed by atoms with Crippen molar-refractivity contribution in [3.05, 3.63) is 18.0 Å². The molecule has 1 heterocycles. The lowest BCUT2D eigenvalue weighted by Gasteiger charge is -2.13. The summed E-state index contributed by atoms with van der Waals surface area (Å²) in [5.41, 5.74) is 0.939. The standard InChI is InChI=1S/C14H26N2O2/c1-4-9-18-11-14(17)10-12-7-8-16(15-12)13(5-2)6-3/h7-8,13-14,17H,4-6,9-11H2,1-3H3. The third kappa shape index (κ3) is 4.78. The molecule has 0 saturated carbocycles. The topological polar surface area (TPSA) is 47.3 Å². The molecule has 0 amide bonds. The van der Waals surface area contributed by atoms with Crippen molar-refractivity contribution < 1.29 is 9.84 Å². The number of nitrogens with zero attached hydrogens (tertiary/aromatic N) is 2. The van der Waals surface area contributed by atoms with Gasteiger partial charge in [0, 0.05) is 19.2 Å². The van der Waals surface area contributed by atoms with Gasteiger partial charge in [0.2, 0.25) is 0 Å². The van der Waals surface area contributed by atoms with E-state index in [1.54, 1.807) is 0 Å². The number of aliphatic hydroxyl groups excluding tert-OH is 1. The number of hydrogen-bond acceptors (Lipinski definition) is 3. The Hall–Kier alpha value is -0.870. The fourth-order valence-corrected chi connectivity index (χ4v) is 2.02. The molecule has 104 valence electrons. The Balaban J connectivity index is 2.43. The van der Waals surface area contributed by atoms with E-state index in [4.69, 9.17) is 4.74 Å². The van der Waals surface area contributed by atoms with Crippen LogP contribution in [0, 0.1) is 0 Å². The third-order valence-corrected chi connectivity index (χ3v) is 3.08. The number of ether oxygens (including phenoxy) is 1. The second-order valence-corrected chi connectivity index (χ2v) is 4.69. The summed E-state index contributed by atoms with van der Waals surface area (Å²) in [5, 5.41) is 14.3. The van der Waals surface area contributed by atoms with Crippen LogP contribution in [0.5, 0.6) is 0 Å². The van der Waals surface area contributed by atoms with Crippen LogP contribution in [-0.2, 0) is 11.2 Å². The van der Waals surface area contributed by atoms with E-state index < -0.39 is 6.10 Å². The highest BCUT2D eigenvalue weighted by molar-refractivity contribution is 5.01. The van der Waals surface area contributed by atoms with Crippen LogP contribution in [0.15, 0.2) is 12.3 Å². The van der Waals surface area contributed by atoms with Gasteiger partial charge in [0.25, 0.3) is 0 Å². The predicted molar refractivity (Wildman–Crippen MR) is 72.7 cm³/mol. The van der Waals surface area contributed by atoms with Crippen molar-refractivity contribution in [3.63, 3.8) is 0 Å². The first kappa shape index (κ1) is 15.2. The number of aromatic nitrogens is 2. The largest absolute Gasteiger partial charge is 0.390 e. The van der Waals surface area contributed by atoms with Gasteiger partial charge < -0.3 is 9.84 Å². The van der Waals surface area contributed by atoms with Crippen molar-refractivity contribution in [3.8, 4) is 0 Å². The van der Waals surface area contributed by atoms with E-state index >= 15 is 0 Å². The van der Waals surface area contributed by atoms with Crippen LogP contribution in [0.3, 0.4) is 0 Å². The van der Waals surface area contributed by atoms with Gasteiger partial charge in [-0.2, -0.15) is 5.10 Å². The van der Waals surface area contributed by atoms with Crippen molar-refractivity contribution >= 4 is 0 Å². The lowest BCUT2D eigenvalue weighted by molar-refractivity contribution is 0.0368. The molecule has 18 heavy (non-hydrogen) atoms. The first-order valence-electron chi connectivity index (χ1n) is 7.01. The van der Waals surface area contributed by atoms with E-state index in [1.165, 1.54) is 0 Å². The minimum absolute atomic E-state index is 0.395. The molecule has 0 spiro atoms. The van der Waals surface area contributed by atoms with E-state index in [2.05, 4.69) is 25.9 Å². The smallest absolute Gasteiger partial charge is 0.0829 e. The Labute approximate surface area is 110 Å². The molecule has 4 nitrogen and oxygen atoms in total. The molecular formula is C14H26N2O2. The molecule has 1 aromatic heterocycles. The molecule has 1 rings (SSSR count). The minimum atomic E-state index is -0.457. The zero-order valence-electron chi connectivity index (χ0n) is 11.8. The van der Waals surface area contributed by atoms with Crippen LogP contribution in [-0.4, -0.2) is 34.2 Å². The summed E-state index contributed by atoms with van der Waals surface area (Å²) in [6, 6.07) is 2.45. The van der Waals surface area contributed by atoms with Crippen molar-refractivity contribution in [2.24, 2.45) is 0 Å². The highest BCUT2D eigenvalue weighted by atomic mass is 16.5. The van der Waals surface area contributed by atoms with Gasteiger partial charge in [-0.05, 0) is 25.3 Å². The molecule has 0 aliphatic carbocycles. The maximum atomic E-state index is 9.82. The number of aliphatic hydroxyl groups is 1. The fraction of sp³-hybridized carbons (Fsp3) is 0.786. The summed E-state index contributed by atoms with van der Waals surface area (Å²) in [4.78, 5) is 0. The Morgan fingerprint density at radius 2 is 2.06 bits per heavy atom. The third-order valence-electron chi connectivity index (χ3n) is 3.08. The first-order chi connectivity index (χ1) is 8.71. The molecule has 1 aromatic rings. The molecule has 0 aromatic carbocycles. The summed E-state index contributed by atoms with van der Waals surface area (Å²) >= 11 is 0. The maximum absolute atomic E-state index is 9.82. The number of hydrogen-bond donors (Lipinski definition) is 1. The Bertz CT molecular complexity index is 321. The molecule has 0 aliphatic heterocycles. The monoisotopic (exact) mass is 254 g/mol. The predicted octanol–water partition coefficient (Wildman–Crippen LogP) is 2.57. The fourth-order valence-electron chi connectivity index (χ4n) is 2.02.